The molecule has 0 saturated carbocycles. The molecule has 0 aliphatic heterocycles. The number of amides is 1. The van der Waals surface area contributed by atoms with Crippen LogP contribution in [0.4, 0.5) is 0 Å². The zero-order valence-electron chi connectivity index (χ0n) is 15.5. The smallest absolute Gasteiger partial charge is 0.251 e. The second-order valence-corrected chi connectivity index (χ2v) is 8.83. The van der Waals surface area contributed by atoms with E-state index in [0.717, 1.165) is 6.42 Å². The van der Waals surface area contributed by atoms with Crippen molar-refractivity contribution >= 4 is 28.3 Å². The summed E-state index contributed by atoms with van der Waals surface area (Å²) in [7, 11) is -3.56. The second-order valence-electron chi connectivity index (χ2n) is 7.12. The van der Waals surface area contributed by atoms with E-state index in [2.05, 4.69) is 23.9 Å². The number of nitrogens with two attached hydrogens (primary N) is 1. The third kappa shape index (κ3) is 7.32. The summed E-state index contributed by atoms with van der Waals surface area (Å²) in [5.74, 6) is 0.137. The van der Waals surface area contributed by atoms with Crippen LogP contribution < -0.4 is 15.8 Å². The van der Waals surface area contributed by atoms with Crippen LogP contribution >= 0.6 is 12.4 Å². The van der Waals surface area contributed by atoms with Gasteiger partial charge >= 0.3 is 0 Å². The largest absolute Gasteiger partial charge is 0.346 e. The molecule has 0 aliphatic carbocycles. The number of halogens is 1. The van der Waals surface area contributed by atoms with Crippen molar-refractivity contribution < 1.29 is 13.2 Å². The SMILES string of the molecule is CC(C)CC(C)(CN)NC(=O)c1ccc(S(=O)(=O)NC(C)C)cc1.Cl. The molecule has 0 aliphatic rings. The molecule has 1 atom stereocenters. The molecule has 0 saturated heterocycles. The Hall–Kier alpha value is -1.15. The van der Waals surface area contributed by atoms with Gasteiger partial charge in [0.2, 0.25) is 10.0 Å². The van der Waals surface area contributed by atoms with E-state index in [9.17, 15) is 13.2 Å². The first-order chi connectivity index (χ1) is 11.0. The quantitative estimate of drug-likeness (QED) is 0.632. The topological polar surface area (TPSA) is 101 Å². The van der Waals surface area contributed by atoms with E-state index < -0.39 is 15.6 Å². The summed E-state index contributed by atoms with van der Waals surface area (Å²) in [5.41, 5.74) is 5.72. The van der Waals surface area contributed by atoms with Crippen LogP contribution in [0.15, 0.2) is 29.2 Å². The minimum absolute atomic E-state index is 0. The first-order valence-electron chi connectivity index (χ1n) is 8.14. The van der Waals surface area contributed by atoms with E-state index in [0.29, 0.717) is 18.0 Å². The Labute approximate surface area is 157 Å². The number of nitrogens with one attached hydrogen (secondary N) is 2. The number of sulfonamides is 1. The van der Waals surface area contributed by atoms with Crippen LogP contribution in [0.3, 0.4) is 0 Å². The molecule has 0 aromatic heterocycles. The maximum atomic E-state index is 12.4. The zero-order valence-corrected chi connectivity index (χ0v) is 17.1. The molecule has 1 rings (SSSR count). The fourth-order valence-corrected chi connectivity index (χ4v) is 3.85. The van der Waals surface area contributed by atoms with Gasteiger partial charge in [-0.1, -0.05) is 13.8 Å². The van der Waals surface area contributed by atoms with Crippen LogP contribution in [0, 0.1) is 5.92 Å². The third-order valence-corrected chi connectivity index (χ3v) is 5.22. The fourth-order valence-electron chi connectivity index (χ4n) is 2.60. The van der Waals surface area contributed by atoms with E-state index in [1.54, 1.807) is 13.8 Å². The molecule has 1 aromatic carbocycles. The molecule has 4 N–H and O–H groups in total. The van der Waals surface area contributed by atoms with Gasteiger partial charge in [-0.15, -0.1) is 12.4 Å². The van der Waals surface area contributed by atoms with Crippen molar-refractivity contribution in [2.45, 2.75) is 57.5 Å². The van der Waals surface area contributed by atoms with Crippen molar-refractivity contribution in [2.24, 2.45) is 11.7 Å². The van der Waals surface area contributed by atoms with Gasteiger partial charge in [0, 0.05) is 23.7 Å². The summed E-state index contributed by atoms with van der Waals surface area (Å²) < 4.78 is 26.7. The Kier molecular flexibility index (Phi) is 9.08. The fraction of sp³-hybridized carbons (Fsp3) is 0.588. The van der Waals surface area contributed by atoms with Crippen molar-refractivity contribution in [3.8, 4) is 0 Å². The highest BCUT2D eigenvalue weighted by Crippen LogP contribution is 2.17. The Bertz CT molecular complexity index is 660. The van der Waals surface area contributed by atoms with Crippen LogP contribution in [-0.4, -0.2) is 32.5 Å². The molecule has 0 radical (unpaired) electrons. The standard InChI is InChI=1S/C17H29N3O3S.ClH/c1-12(2)10-17(5,11-18)19-16(21)14-6-8-15(9-7-14)24(22,23)20-13(3)4;/h6-9,12-13,20H,10-11,18H2,1-5H3,(H,19,21);1H. The second kappa shape index (κ2) is 9.52. The lowest BCUT2D eigenvalue weighted by Crippen LogP contribution is -2.52. The summed E-state index contributed by atoms with van der Waals surface area (Å²) in [6, 6.07) is 5.69. The molecule has 25 heavy (non-hydrogen) atoms. The molecule has 0 bridgehead atoms. The van der Waals surface area contributed by atoms with Gasteiger partial charge in [0.05, 0.1) is 4.90 Å². The number of hydrogen-bond donors (Lipinski definition) is 3. The summed E-state index contributed by atoms with van der Waals surface area (Å²) in [5, 5.41) is 2.95. The maximum absolute atomic E-state index is 12.4. The van der Waals surface area contributed by atoms with Gasteiger partial charge in [0.15, 0.2) is 0 Å². The first kappa shape index (κ1) is 23.9. The lowest BCUT2D eigenvalue weighted by Gasteiger charge is -2.31. The van der Waals surface area contributed by atoms with Crippen molar-refractivity contribution in [3.05, 3.63) is 29.8 Å². The molecule has 1 unspecified atom stereocenters. The van der Waals surface area contributed by atoms with Crippen molar-refractivity contribution in [1.82, 2.24) is 10.0 Å². The normalized spacial score (nSPS) is 14.1. The number of rotatable bonds is 8. The van der Waals surface area contributed by atoms with E-state index in [-0.39, 0.29) is 29.3 Å². The molecule has 0 spiro atoms. The van der Waals surface area contributed by atoms with Crippen LogP contribution in [-0.2, 0) is 10.0 Å². The van der Waals surface area contributed by atoms with Crippen LogP contribution in [0.5, 0.6) is 0 Å². The van der Waals surface area contributed by atoms with Crippen molar-refractivity contribution in [3.63, 3.8) is 0 Å². The number of carbonyl (C=O) groups excluding carboxylic acids is 1. The van der Waals surface area contributed by atoms with E-state index in [4.69, 9.17) is 5.73 Å². The summed E-state index contributed by atoms with van der Waals surface area (Å²) in [4.78, 5) is 12.5. The highest BCUT2D eigenvalue weighted by Gasteiger charge is 2.26. The molecular formula is C17H30ClN3O3S. The van der Waals surface area contributed by atoms with Gasteiger partial charge in [-0.2, -0.15) is 0 Å². The summed E-state index contributed by atoms with van der Waals surface area (Å²) in [6.45, 7) is 9.89. The maximum Gasteiger partial charge on any atom is 0.251 e. The number of carbonyl (C=O) groups is 1. The number of benzene rings is 1. The minimum Gasteiger partial charge on any atom is -0.346 e. The Morgan fingerprint density at radius 1 is 1.16 bits per heavy atom. The van der Waals surface area contributed by atoms with Crippen LogP contribution in [0.2, 0.25) is 0 Å². The average Bonchev–Trinajstić information content (AvgIpc) is 2.45. The van der Waals surface area contributed by atoms with Crippen molar-refractivity contribution in [2.75, 3.05) is 6.54 Å². The minimum atomic E-state index is -3.56. The summed E-state index contributed by atoms with van der Waals surface area (Å²) >= 11 is 0. The van der Waals surface area contributed by atoms with E-state index in [1.165, 1.54) is 24.3 Å². The lowest BCUT2D eigenvalue weighted by atomic mass is 9.90. The van der Waals surface area contributed by atoms with Gasteiger partial charge in [-0.3, -0.25) is 4.79 Å². The van der Waals surface area contributed by atoms with Gasteiger partial charge < -0.3 is 11.1 Å². The molecule has 0 fully saturated rings. The highest BCUT2D eigenvalue weighted by atomic mass is 35.5. The zero-order chi connectivity index (χ0) is 18.5. The molecular weight excluding hydrogens is 362 g/mol. The molecule has 1 aromatic rings. The van der Waals surface area contributed by atoms with Gasteiger partial charge in [0.1, 0.15) is 0 Å². The Morgan fingerprint density at radius 2 is 1.68 bits per heavy atom. The lowest BCUT2D eigenvalue weighted by molar-refractivity contribution is 0.0898. The van der Waals surface area contributed by atoms with Gasteiger partial charge in [-0.25, -0.2) is 13.1 Å². The Morgan fingerprint density at radius 3 is 2.08 bits per heavy atom. The molecule has 8 heteroatoms. The Balaban J connectivity index is 0.00000576. The highest BCUT2D eigenvalue weighted by molar-refractivity contribution is 7.89. The predicted molar refractivity (Wildman–Crippen MR) is 104 cm³/mol. The van der Waals surface area contributed by atoms with E-state index in [1.807, 2.05) is 6.92 Å². The van der Waals surface area contributed by atoms with E-state index >= 15 is 0 Å². The summed E-state index contributed by atoms with van der Waals surface area (Å²) in [6.07, 6.45) is 0.764. The van der Waals surface area contributed by atoms with Gasteiger partial charge in [-0.05, 0) is 57.4 Å². The molecule has 1 amide bonds. The monoisotopic (exact) mass is 391 g/mol. The van der Waals surface area contributed by atoms with Gasteiger partial charge in [0.25, 0.3) is 5.91 Å². The predicted octanol–water partition coefficient (Wildman–Crippen LogP) is 2.29. The molecule has 6 nitrogen and oxygen atoms in total. The average molecular weight is 392 g/mol. The molecule has 144 valence electrons. The first-order valence-corrected chi connectivity index (χ1v) is 9.62. The van der Waals surface area contributed by atoms with Crippen LogP contribution in [0.1, 0.15) is 51.4 Å². The third-order valence-electron chi connectivity index (χ3n) is 3.54. The van der Waals surface area contributed by atoms with Crippen LogP contribution in [0.25, 0.3) is 0 Å². The number of hydrogen-bond acceptors (Lipinski definition) is 4. The molecule has 0 heterocycles. The van der Waals surface area contributed by atoms with Crippen molar-refractivity contribution in [1.29, 1.82) is 0 Å².